The molecule has 2 N–H and O–H groups in total. The second-order valence-electron chi connectivity index (χ2n) is 4.39. The zero-order valence-corrected chi connectivity index (χ0v) is 11.3. The van der Waals surface area contributed by atoms with Crippen LogP contribution in [0.25, 0.3) is 0 Å². The molecule has 0 aromatic carbocycles. The van der Waals surface area contributed by atoms with Gasteiger partial charge in [-0.05, 0) is 45.5 Å². The summed E-state index contributed by atoms with van der Waals surface area (Å²) >= 11 is 5.24. The fraction of sp³-hybridized carbons (Fsp3) is 0.800. The largest absolute Gasteiger partial charge is 0.316 e. The van der Waals surface area contributed by atoms with Crippen molar-refractivity contribution in [3.05, 3.63) is 10.6 Å². The lowest BCUT2D eigenvalue weighted by atomic mass is 9.98. The van der Waals surface area contributed by atoms with Gasteiger partial charge < -0.3 is 9.88 Å². The van der Waals surface area contributed by atoms with Crippen molar-refractivity contribution in [1.82, 2.24) is 20.1 Å². The monoisotopic (exact) mass is 262 g/mol. The third-order valence-electron chi connectivity index (χ3n) is 2.91. The van der Waals surface area contributed by atoms with Crippen LogP contribution in [0, 0.1) is 4.77 Å². The summed E-state index contributed by atoms with van der Waals surface area (Å²) in [4.78, 5) is 0. The first-order valence-electron chi connectivity index (χ1n) is 5.57. The van der Waals surface area contributed by atoms with E-state index in [2.05, 4.69) is 33.9 Å². The molecule has 16 heavy (non-hydrogen) atoms. The summed E-state index contributed by atoms with van der Waals surface area (Å²) in [6, 6.07) is 0.383. The Balaban J connectivity index is 0.00000128. The molecule has 1 unspecified atom stereocenters. The van der Waals surface area contributed by atoms with E-state index < -0.39 is 0 Å². The first-order valence-corrected chi connectivity index (χ1v) is 5.98. The van der Waals surface area contributed by atoms with Gasteiger partial charge in [-0.15, -0.1) is 12.4 Å². The summed E-state index contributed by atoms with van der Waals surface area (Å²) in [5, 5.41) is 10.7. The molecule has 0 radical (unpaired) electrons. The first-order chi connectivity index (χ1) is 7.20. The number of hydrogen-bond donors (Lipinski definition) is 2. The topological polar surface area (TPSA) is 45.6 Å². The normalized spacial score (nSPS) is 20.8. The van der Waals surface area contributed by atoms with Gasteiger partial charge in [0.25, 0.3) is 0 Å². The molecule has 0 amide bonds. The van der Waals surface area contributed by atoms with Crippen LogP contribution in [0.4, 0.5) is 0 Å². The number of rotatable bonds is 2. The maximum atomic E-state index is 5.24. The smallest absolute Gasteiger partial charge is 0.195 e. The number of aromatic amines is 1. The third kappa shape index (κ3) is 2.64. The lowest BCUT2D eigenvalue weighted by molar-refractivity contribution is 0.421. The summed E-state index contributed by atoms with van der Waals surface area (Å²) in [6.45, 7) is 6.44. The average Bonchev–Trinajstić information content (AvgIpc) is 2.61. The van der Waals surface area contributed by atoms with Gasteiger partial charge in [0.2, 0.25) is 0 Å². The minimum Gasteiger partial charge on any atom is -0.316 e. The fourth-order valence-electron chi connectivity index (χ4n) is 2.18. The van der Waals surface area contributed by atoms with Gasteiger partial charge in [0, 0.05) is 18.5 Å². The predicted molar refractivity (Wildman–Crippen MR) is 69.9 cm³/mol. The van der Waals surface area contributed by atoms with Crippen molar-refractivity contribution < 1.29 is 0 Å². The van der Waals surface area contributed by atoms with Gasteiger partial charge in [0.05, 0.1) is 0 Å². The maximum Gasteiger partial charge on any atom is 0.195 e. The number of aromatic nitrogens is 3. The highest BCUT2D eigenvalue weighted by molar-refractivity contribution is 7.71. The third-order valence-corrected chi connectivity index (χ3v) is 3.20. The molecule has 6 heteroatoms. The molecule has 1 aliphatic rings. The number of piperidine rings is 1. The second kappa shape index (κ2) is 5.80. The number of H-pyrrole nitrogens is 1. The van der Waals surface area contributed by atoms with Crippen molar-refractivity contribution in [2.45, 2.75) is 38.6 Å². The van der Waals surface area contributed by atoms with Gasteiger partial charge in [0.15, 0.2) is 4.77 Å². The standard InChI is InChI=1S/C10H18N4S.ClH/c1-7(2)14-9(12-13-10(14)15)8-4-3-5-11-6-8;/h7-8,11H,3-6H2,1-2H3,(H,13,15);1H. The molecule has 2 rings (SSSR count). The van der Waals surface area contributed by atoms with Gasteiger partial charge in [-0.2, -0.15) is 5.10 Å². The molecule has 0 saturated carbocycles. The summed E-state index contributed by atoms with van der Waals surface area (Å²) in [6.07, 6.45) is 2.43. The van der Waals surface area contributed by atoms with Crippen molar-refractivity contribution >= 4 is 24.6 Å². The van der Waals surface area contributed by atoms with Crippen molar-refractivity contribution in [1.29, 1.82) is 0 Å². The molecule has 1 aliphatic heterocycles. The molecule has 1 atom stereocenters. The number of nitrogens with zero attached hydrogens (tertiary/aromatic N) is 2. The van der Waals surface area contributed by atoms with Gasteiger partial charge in [-0.1, -0.05) is 0 Å². The second-order valence-corrected chi connectivity index (χ2v) is 4.78. The van der Waals surface area contributed by atoms with Crippen LogP contribution in [0.5, 0.6) is 0 Å². The van der Waals surface area contributed by atoms with E-state index in [1.165, 1.54) is 12.8 Å². The Morgan fingerprint density at radius 3 is 2.81 bits per heavy atom. The van der Waals surface area contributed by atoms with Crippen molar-refractivity contribution in [3.8, 4) is 0 Å². The molecule has 1 aromatic heterocycles. The van der Waals surface area contributed by atoms with Gasteiger partial charge >= 0.3 is 0 Å². The van der Waals surface area contributed by atoms with Crippen molar-refractivity contribution in [3.63, 3.8) is 0 Å². The maximum absolute atomic E-state index is 5.24. The molecule has 2 heterocycles. The summed E-state index contributed by atoms with van der Waals surface area (Å²) in [5.74, 6) is 1.62. The molecule has 92 valence electrons. The molecule has 0 aliphatic carbocycles. The molecular weight excluding hydrogens is 244 g/mol. The number of nitrogens with one attached hydrogen (secondary N) is 2. The quantitative estimate of drug-likeness (QED) is 0.805. The van der Waals surface area contributed by atoms with Crippen LogP contribution in [-0.4, -0.2) is 27.9 Å². The Labute approximate surface area is 107 Å². The molecule has 0 spiro atoms. The van der Waals surface area contributed by atoms with Gasteiger partial charge in [-0.3, -0.25) is 5.10 Å². The molecule has 0 bridgehead atoms. The fourth-order valence-corrected chi connectivity index (χ4v) is 2.53. The van der Waals surface area contributed by atoms with Crippen LogP contribution >= 0.6 is 24.6 Å². The predicted octanol–water partition coefficient (Wildman–Crippen LogP) is 2.41. The van der Waals surface area contributed by atoms with E-state index in [1.807, 2.05) is 0 Å². The van der Waals surface area contributed by atoms with Crippen LogP contribution < -0.4 is 5.32 Å². The van der Waals surface area contributed by atoms with Crippen LogP contribution in [0.2, 0.25) is 0 Å². The van der Waals surface area contributed by atoms with Crippen molar-refractivity contribution in [2.24, 2.45) is 0 Å². The highest BCUT2D eigenvalue weighted by Gasteiger charge is 2.21. The molecule has 1 saturated heterocycles. The highest BCUT2D eigenvalue weighted by Crippen LogP contribution is 2.23. The minimum absolute atomic E-state index is 0. The SMILES string of the molecule is CC(C)n1c(C2CCCNC2)n[nH]c1=S.Cl. The lowest BCUT2D eigenvalue weighted by Crippen LogP contribution is -2.30. The Bertz CT molecular complexity index is 378. The zero-order valence-electron chi connectivity index (χ0n) is 9.69. The minimum atomic E-state index is 0. The summed E-state index contributed by atoms with van der Waals surface area (Å²) < 4.78 is 2.87. The van der Waals surface area contributed by atoms with Gasteiger partial charge in [-0.25, -0.2) is 0 Å². The Morgan fingerprint density at radius 2 is 2.25 bits per heavy atom. The van der Waals surface area contributed by atoms with Crippen LogP contribution in [0.3, 0.4) is 0 Å². The van der Waals surface area contributed by atoms with E-state index in [-0.39, 0.29) is 12.4 Å². The zero-order chi connectivity index (χ0) is 10.8. The summed E-state index contributed by atoms with van der Waals surface area (Å²) in [5.41, 5.74) is 0. The lowest BCUT2D eigenvalue weighted by Gasteiger charge is -2.23. The average molecular weight is 263 g/mol. The first kappa shape index (κ1) is 13.7. The molecule has 1 aromatic rings. The molecule has 1 fully saturated rings. The van der Waals surface area contributed by atoms with Gasteiger partial charge in [0.1, 0.15) is 5.82 Å². The number of hydrogen-bond acceptors (Lipinski definition) is 3. The van der Waals surface area contributed by atoms with Crippen LogP contribution in [0.1, 0.15) is 44.5 Å². The molecular formula is C10H19ClN4S. The van der Waals surface area contributed by atoms with E-state index in [0.29, 0.717) is 12.0 Å². The van der Waals surface area contributed by atoms with Crippen LogP contribution in [0.15, 0.2) is 0 Å². The number of halogens is 1. The van der Waals surface area contributed by atoms with Crippen molar-refractivity contribution in [2.75, 3.05) is 13.1 Å². The van der Waals surface area contributed by atoms with E-state index in [4.69, 9.17) is 12.2 Å². The Kier molecular flexibility index (Phi) is 4.95. The van der Waals surface area contributed by atoms with Crippen LogP contribution in [-0.2, 0) is 0 Å². The highest BCUT2D eigenvalue weighted by atomic mass is 35.5. The Hall–Kier alpha value is -0.390. The Morgan fingerprint density at radius 1 is 1.50 bits per heavy atom. The molecule has 4 nitrogen and oxygen atoms in total. The summed E-state index contributed by atoms with van der Waals surface area (Å²) in [7, 11) is 0. The van der Waals surface area contributed by atoms with E-state index in [9.17, 15) is 0 Å². The van der Waals surface area contributed by atoms with E-state index in [1.54, 1.807) is 0 Å². The van der Waals surface area contributed by atoms with E-state index >= 15 is 0 Å². The van der Waals surface area contributed by atoms with E-state index in [0.717, 1.165) is 23.7 Å².